The summed E-state index contributed by atoms with van der Waals surface area (Å²) in [5.41, 5.74) is 2.25. The normalized spacial score (nSPS) is 27.7. The molecule has 1 aromatic heterocycles. The lowest BCUT2D eigenvalue weighted by molar-refractivity contribution is 0.341. The Bertz CT molecular complexity index is 527. The summed E-state index contributed by atoms with van der Waals surface area (Å²) in [7, 11) is 0. The molecule has 0 spiro atoms. The maximum absolute atomic E-state index is 4.76. The molecule has 1 N–H and O–H groups in total. The summed E-state index contributed by atoms with van der Waals surface area (Å²) >= 11 is 0. The molecule has 1 saturated carbocycles. The van der Waals surface area contributed by atoms with Gasteiger partial charge in [-0.2, -0.15) is 0 Å². The van der Waals surface area contributed by atoms with Crippen molar-refractivity contribution in [1.82, 2.24) is 9.97 Å². The Balaban J connectivity index is 1.69. The molecule has 2 aromatic rings. The zero-order valence-electron chi connectivity index (χ0n) is 10.6. The van der Waals surface area contributed by atoms with E-state index in [2.05, 4.69) is 34.1 Å². The fourth-order valence-corrected chi connectivity index (χ4v) is 3.74. The largest absolute Gasteiger partial charge is 0.339 e. The van der Waals surface area contributed by atoms with Crippen molar-refractivity contribution in [2.75, 3.05) is 11.4 Å². The summed E-state index contributed by atoms with van der Waals surface area (Å²) in [6.45, 7) is 1.18. The second-order valence-corrected chi connectivity index (χ2v) is 5.67. The molecule has 0 amide bonds. The maximum atomic E-state index is 4.76. The van der Waals surface area contributed by atoms with Gasteiger partial charge in [-0.05, 0) is 37.3 Å². The molecule has 0 bridgehead atoms. The fourth-order valence-electron chi connectivity index (χ4n) is 3.74. The number of imidazole rings is 1. The highest BCUT2D eigenvalue weighted by Gasteiger charge is 2.36. The molecule has 3 nitrogen and oxygen atoms in total. The number of H-pyrrole nitrogens is 1. The summed E-state index contributed by atoms with van der Waals surface area (Å²) in [5, 5.41) is 0. The van der Waals surface area contributed by atoms with Gasteiger partial charge < -0.3 is 9.88 Å². The number of para-hydroxylation sites is 2. The average Bonchev–Trinajstić information content (AvgIpc) is 3.02. The first-order valence-corrected chi connectivity index (χ1v) is 7.13. The van der Waals surface area contributed by atoms with Crippen molar-refractivity contribution < 1.29 is 0 Å². The van der Waals surface area contributed by atoms with Crippen molar-refractivity contribution in [3.05, 3.63) is 24.3 Å². The van der Waals surface area contributed by atoms with Crippen LogP contribution in [0.5, 0.6) is 0 Å². The van der Waals surface area contributed by atoms with Crippen LogP contribution >= 0.6 is 0 Å². The first-order chi connectivity index (χ1) is 8.92. The highest BCUT2D eigenvalue weighted by Crippen LogP contribution is 2.38. The first-order valence-electron chi connectivity index (χ1n) is 7.13. The van der Waals surface area contributed by atoms with E-state index in [-0.39, 0.29) is 0 Å². The van der Waals surface area contributed by atoms with Crippen LogP contribution in [0.4, 0.5) is 5.95 Å². The van der Waals surface area contributed by atoms with Gasteiger partial charge in [-0.15, -0.1) is 0 Å². The van der Waals surface area contributed by atoms with Crippen molar-refractivity contribution in [1.29, 1.82) is 0 Å². The van der Waals surface area contributed by atoms with Gasteiger partial charge in [0.15, 0.2) is 0 Å². The summed E-state index contributed by atoms with van der Waals surface area (Å²) in [5.74, 6) is 2.00. The molecule has 0 radical (unpaired) electrons. The van der Waals surface area contributed by atoms with Gasteiger partial charge in [0.25, 0.3) is 0 Å². The van der Waals surface area contributed by atoms with E-state index in [9.17, 15) is 0 Å². The molecule has 18 heavy (non-hydrogen) atoms. The highest BCUT2D eigenvalue weighted by atomic mass is 15.3. The van der Waals surface area contributed by atoms with E-state index in [0.29, 0.717) is 0 Å². The Morgan fingerprint density at radius 3 is 2.94 bits per heavy atom. The van der Waals surface area contributed by atoms with E-state index in [1.807, 2.05) is 0 Å². The zero-order valence-corrected chi connectivity index (χ0v) is 10.6. The van der Waals surface area contributed by atoms with Crippen molar-refractivity contribution in [3.8, 4) is 0 Å². The SMILES string of the molecule is c1ccc2[nH]c(N3CCC4CCCCC43)nc2c1. The van der Waals surface area contributed by atoms with Crippen molar-refractivity contribution >= 4 is 17.0 Å². The van der Waals surface area contributed by atoms with Crippen LogP contribution in [-0.2, 0) is 0 Å². The molecule has 2 atom stereocenters. The van der Waals surface area contributed by atoms with Gasteiger partial charge in [-0.25, -0.2) is 4.98 Å². The Kier molecular flexibility index (Phi) is 2.32. The van der Waals surface area contributed by atoms with Gasteiger partial charge in [0.05, 0.1) is 11.0 Å². The molecule has 2 unspecified atom stereocenters. The lowest BCUT2D eigenvalue weighted by Gasteiger charge is -2.31. The number of benzene rings is 1. The van der Waals surface area contributed by atoms with Gasteiger partial charge in [-0.3, -0.25) is 0 Å². The average molecular weight is 241 g/mol. The van der Waals surface area contributed by atoms with Crippen LogP contribution in [0, 0.1) is 5.92 Å². The van der Waals surface area contributed by atoms with Gasteiger partial charge >= 0.3 is 0 Å². The molecule has 1 saturated heterocycles. The van der Waals surface area contributed by atoms with Gasteiger partial charge in [-0.1, -0.05) is 25.0 Å². The van der Waals surface area contributed by atoms with Gasteiger partial charge in [0.2, 0.25) is 5.95 Å². The van der Waals surface area contributed by atoms with E-state index < -0.39 is 0 Å². The molecule has 1 aliphatic heterocycles. The molecular formula is C15H19N3. The molecule has 1 aliphatic carbocycles. The van der Waals surface area contributed by atoms with Crippen LogP contribution < -0.4 is 4.90 Å². The number of hydrogen-bond acceptors (Lipinski definition) is 2. The fraction of sp³-hybridized carbons (Fsp3) is 0.533. The van der Waals surface area contributed by atoms with Crippen LogP contribution in [0.3, 0.4) is 0 Å². The third-order valence-electron chi connectivity index (χ3n) is 4.66. The Morgan fingerprint density at radius 2 is 2.00 bits per heavy atom. The monoisotopic (exact) mass is 241 g/mol. The minimum Gasteiger partial charge on any atom is -0.339 e. The predicted octanol–water partition coefficient (Wildman–Crippen LogP) is 3.33. The maximum Gasteiger partial charge on any atom is 0.204 e. The third kappa shape index (κ3) is 1.53. The number of aromatic nitrogens is 2. The molecule has 2 aliphatic rings. The number of hydrogen-bond donors (Lipinski definition) is 1. The standard InChI is InChI=1S/C15H19N3/c1-4-8-14-11(5-1)9-10-18(14)15-16-12-6-2-3-7-13(12)17-15/h2-3,6-7,11,14H,1,4-5,8-10H2,(H,16,17). The van der Waals surface area contributed by atoms with Crippen LogP contribution in [0.1, 0.15) is 32.1 Å². The number of nitrogens with one attached hydrogen (secondary N) is 1. The smallest absolute Gasteiger partial charge is 0.204 e. The summed E-state index contributed by atoms with van der Waals surface area (Å²) < 4.78 is 0. The van der Waals surface area contributed by atoms with Crippen LogP contribution in [0.15, 0.2) is 24.3 Å². The number of rotatable bonds is 1. The minimum absolute atomic E-state index is 0.735. The predicted molar refractivity (Wildman–Crippen MR) is 73.8 cm³/mol. The molecule has 94 valence electrons. The van der Waals surface area contributed by atoms with Crippen LogP contribution in [0.25, 0.3) is 11.0 Å². The van der Waals surface area contributed by atoms with Crippen LogP contribution in [-0.4, -0.2) is 22.6 Å². The Morgan fingerprint density at radius 1 is 1.11 bits per heavy atom. The minimum atomic E-state index is 0.735. The summed E-state index contributed by atoms with van der Waals surface area (Å²) in [4.78, 5) is 10.8. The van der Waals surface area contributed by atoms with Crippen molar-refractivity contribution in [2.24, 2.45) is 5.92 Å². The lowest BCUT2D eigenvalue weighted by atomic mass is 9.85. The molecule has 4 rings (SSSR count). The molecule has 3 heteroatoms. The number of anilines is 1. The third-order valence-corrected chi connectivity index (χ3v) is 4.66. The first kappa shape index (κ1) is 10.4. The lowest BCUT2D eigenvalue weighted by Crippen LogP contribution is -2.35. The molecular weight excluding hydrogens is 222 g/mol. The van der Waals surface area contributed by atoms with Crippen molar-refractivity contribution in [3.63, 3.8) is 0 Å². The summed E-state index contributed by atoms with van der Waals surface area (Å²) in [6.07, 6.45) is 6.93. The van der Waals surface area contributed by atoms with Crippen LogP contribution in [0.2, 0.25) is 0 Å². The summed E-state index contributed by atoms with van der Waals surface area (Å²) in [6, 6.07) is 9.06. The molecule has 2 heterocycles. The second-order valence-electron chi connectivity index (χ2n) is 5.67. The number of aromatic amines is 1. The topological polar surface area (TPSA) is 31.9 Å². The highest BCUT2D eigenvalue weighted by molar-refractivity contribution is 5.77. The zero-order chi connectivity index (χ0) is 11.9. The second kappa shape index (κ2) is 4.01. The Hall–Kier alpha value is -1.51. The number of fused-ring (bicyclic) bond motifs is 2. The van der Waals surface area contributed by atoms with E-state index in [0.717, 1.165) is 28.9 Å². The van der Waals surface area contributed by atoms with Gasteiger partial charge in [0, 0.05) is 12.6 Å². The Labute approximate surface area is 107 Å². The van der Waals surface area contributed by atoms with Gasteiger partial charge in [0.1, 0.15) is 0 Å². The quantitative estimate of drug-likeness (QED) is 0.830. The van der Waals surface area contributed by atoms with E-state index in [4.69, 9.17) is 4.98 Å². The van der Waals surface area contributed by atoms with E-state index in [1.54, 1.807) is 0 Å². The number of nitrogens with zero attached hydrogens (tertiary/aromatic N) is 2. The van der Waals surface area contributed by atoms with E-state index >= 15 is 0 Å². The van der Waals surface area contributed by atoms with E-state index in [1.165, 1.54) is 38.6 Å². The van der Waals surface area contributed by atoms with Crippen molar-refractivity contribution in [2.45, 2.75) is 38.1 Å². The molecule has 2 fully saturated rings. The molecule has 1 aromatic carbocycles.